The molecule has 22 heavy (non-hydrogen) atoms. The summed E-state index contributed by atoms with van der Waals surface area (Å²) in [5, 5.41) is 0. The Hall–Kier alpha value is -2.62. The van der Waals surface area contributed by atoms with Crippen molar-refractivity contribution in [2.75, 3.05) is 13.1 Å². The van der Waals surface area contributed by atoms with Crippen LogP contribution in [0.25, 0.3) is 22.4 Å². The van der Waals surface area contributed by atoms with Crippen LogP contribution >= 0.6 is 0 Å². The first-order valence-electron chi connectivity index (χ1n) is 7.57. The van der Waals surface area contributed by atoms with Crippen LogP contribution < -0.4 is 0 Å². The van der Waals surface area contributed by atoms with Crippen LogP contribution in [-0.4, -0.2) is 33.9 Å². The van der Waals surface area contributed by atoms with Crippen LogP contribution in [0, 0.1) is 0 Å². The van der Waals surface area contributed by atoms with Crippen molar-refractivity contribution in [1.82, 2.24) is 14.9 Å². The van der Waals surface area contributed by atoms with E-state index in [4.69, 9.17) is 0 Å². The topological polar surface area (TPSA) is 49.0 Å². The third kappa shape index (κ3) is 2.60. The monoisotopic (exact) mass is 293 g/mol. The lowest BCUT2D eigenvalue weighted by Crippen LogP contribution is -2.30. The van der Waals surface area contributed by atoms with Crippen molar-refractivity contribution in [3.8, 4) is 11.4 Å². The molecule has 0 saturated carbocycles. The summed E-state index contributed by atoms with van der Waals surface area (Å²) >= 11 is 0. The fourth-order valence-corrected chi connectivity index (χ4v) is 2.57. The van der Waals surface area contributed by atoms with Crippen molar-refractivity contribution in [3.63, 3.8) is 0 Å². The van der Waals surface area contributed by atoms with Crippen molar-refractivity contribution in [2.24, 2.45) is 0 Å². The average molecular weight is 293 g/mol. The number of H-pyrrole nitrogens is 1. The fourth-order valence-electron chi connectivity index (χ4n) is 2.57. The van der Waals surface area contributed by atoms with Crippen LogP contribution in [0.2, 0.25) is 0 Å². The van der Waals surface area contributed by atoms with Gasteiger partial charge in [0, 0.05) is 24.2 Å². The summed E-state index contributed by atoms with van der Waals surface area (Å²) in [6.07, 6.45) is 0. The Morgan fingerprint density at radius 1 is 1.09 bits per heavy atom. The standard InChI is InChI=1S/C18H19N3O/c1-3-21(4-2)18(22)14-10-11-15-16(12-14)20-17(19-15)13-8-6-5-7-9-13/h5-12H,3-4H2,1-2H3,(H,19,20). The maximum Gasteiger partial charge on any atom is 0.253 e. The first-order chi connectivity index (χ1) is 10.7. The Bertz CT molecular complexity index is 788. The molecule has 1 amide bonds. The maximum absolute atomic E-state index is 12.4. The normalized spacial score (nSPS) is 10.8. The Kier molecular flexibility index (Phi) is 3.92. The van der Waals surface area contributed by atoms with Gasteiger partial charge in [-0.15, -0.1) is 0 Å². The molecule has 0 atom stereocenters. The minimum Gasteiger partial charge on any atom is -0.339 e. The van der Waals surface area contributed by atoms with Crippen molar-refractivity contribution in [1.29, 1.82) is 0 Å². The van der Waals surface area contributed by atoms with Gasteiger partial charge in [0.1, 0.15) is 5.82 Å². The number of fused-ring (bicyclic) bond motifs is 1. The number of aromatic amines is 1. The number of hydrogen-bond donors (Lipinski definition) is 1. The van der Waals surface area contributed by atoms with Gasteiger partial charge in [-0.25, -0.2) is 4.98 Å². The van der Waals surface area contributed by atoms with Crippen LogP contribution in [0.15, 0.2) is 48.5 Å². The molecule has 4 nitrogen and oxygen atoms in total. The smallest absolute Gasteiger partial charge is 0.253 e. The number of carbonyl (C=O) groups is 1. The number of nitrogens with zero attached hydrogens (tertiary/aromatic N) is 2. The molecule has 1 aromatic heterocycles. The van der Waals surface area contributed by atoms with Gasteiger partial charge in [0.2, 0.25) is 0 Å². The second kappa shape index (κ2) is 6.02. The Labute approximate surface area is 129 Å². The summed E-state index contributed by atoms with van der Waals surface area (Å²) in [6, 6.07) is 15.6. The fraction of sp³-hybridized carbons (Fsp3) is 0.222. The van der Waals surface area contributed by atoms with Crippen molar-refractivity contribution in [2.45, 2.75) is 13.8 Å². The Balaban J connectivity index is 1.99. The number of amides is 1. The van der Waals surface area contributed by atoms with Gasteiger partial charge < -0.3 is 9.88 Å². The van der Waals surface area contributed by atoms with Crippen LogP contribution in [0.3, 0.4) is 0 Å². The zero-order valence-corrected chi connectivity index (χ0v) is 12.8. The zero-order chi connectivity index (χ0) is 15.5. The summed E-state index contributed by atoms with van der Waals surface area (Å²) in [4.78, 5) is 22.1. The van der Waals surface area contributed by atoms with E-state index in [9.17, 15) is 4.79 Å². The Morgan fingerprint density at radius 3 is 2.50 bits per heavy atom. The van der Waals surface area contributed by atoms with Gasteiger partial charge in [0.25, 0.3) is 5.91 Å². The zero-order valence-electron chi connectivity index (χ0n) is 12.8. The number of carbonyl (C=O) groups excluding carboxylic acids is 1. The van der Waals surface area contributed by atoms with E-state index < -0.39 is 0 Å². The maximum atomic E-state index is 12.4. The third-order valence-electron chi connectivity index (χ3n) is 3.83. The molecule has 0 aliphatic carbocycles. The third-order valence-corrected chi connectivity index (χ3v) is 3.83. The van der Waals surface area contributed by atoms with Gasteiger partial charge >= 0.3 is 0 Å². The van der Waals surface area contributed by atoms with Gasteiger partial charge in [-0.05, 0) is 32.0 Å². The summed E-state index contributed by atoms with van der Waals surface area (Å²) in [5.41, 5.74) is 3.49. The molecule has 1 N–H and O–H groups in total. The first kappa shape index (κ1) is 14.3. The van der Waals surface area contributed by atoms with E-state index in [1.165, 1.54) is 0 Å². The molecule has 0 radical (unpaired) electrons. The molecule has 0 aliphatic heterocycles. The minimum atomic E-state index is 0.0581. The van der Waals surface area contributed by atoms with Crippen molar-refractivity contribution in [3.05, 3.63) is 54.1 Å². The highest BCUT2D eigenvalue weighted by Crippen LogP contribution is 2.21. The summed E-state index contributed by atoms with van der Waals surface area (Å²) in [5.74, 6) is 0.880. The Morgan fingerprint density at radius 2 is 1.82 bits per heavy atom. The van der Waals surface area contributed by atoms with Gasteiger partial charge in [-0.2, -0.15) is 0 Å². The number of imidazole rings is 1. The van der Waals surface area contributed by atoms with E-state index in [-0.39, 0.29) is 5.91 Å². The minimum absolute atomic E-state index is 0.0581. The van der Waals surface area contributed by atoms with E-state index in [1.54, 1.807) is 0 Å². The van der Waals surface area contributed by atoms with E-state index in [0.29, 0.717) is 18.7 Å². The molecular formula is C18H19N3O. The van der Waals surface area contributed by atoms with E-state index in [2.05, 4.69) is 9.97 Å². The molecule has 0 unspecified atom stereocenters. The second-order valence-corrected chi connectivity index (χ2v) is 5.16. The summed E-state index contributed by atoms with van der Waals surface area (Å²) in [7, 11) is 0. The molecule has 112 valence electrons. The second-order valence-electron chi connectivity index (χ2n) is 5.16. The van der Waals surface area contributed by atoms with Crippen LogP contribution in [0.4, 0.5) is 0 Å². The predicted octanol–water partition coefficient (Wildman–Crippen LogP) is 3.71. The molecule has 4 heteroatoms. The average Bonchev–Trinajstić information content (AvgIpc) is 2.99. The molecule has 3 rings (SSSR count). The molecular weight excluding hydrogens is 274 g/mol. The lowest BCUT2D eigenvalue weighted by Gasteiger charge is -2.18. The number of hydrogen-bond acceptors (Lipinski definition) is 2. The van der Waals surface area contributed by atoms with E-state index in [0.717, 1.165) is 22.4 Å². The molecule has 0 spiro atoms. The highest BCUT2D eigenvalue weighted by molar-refractivity contribution is 5.97. The molecule has 0 saturated heterocycles. The highest BCUT2D eigenvalue weighted by Gasteiger charge is 2.14. The van der Waals surface area contributed by atoms with Crippen molar-refractivity contribution >= 4 is 16.9 Å². The molecule has 0 fully saturated rings. The van der Waals surface area contributed by atoms with Crippen LogP contribution in [0.5, 0.6) is 0 Å². The lowest BCUT2D eigenvalue weighted by atomic mass is 10.1. The van der Waals surface area contributed by atoms with Crippen LogP contribution in [0.1, 0.15) is 24.2 Å². The number of rotatable bonds is 4. The number of aromatic nitrogens is 2. The van der Waals surface area contributed by atoms with Crippen LogP contribution in [-0.2, 0) is 0 Å². The first-order valence-corrected chi connectivity index (χ1v) is 7.57. The molecule has 3 aromatic rings. The predicted molar refractivity (Wildman–Crippen MR) is 88.8 cm³/mol. The van der Waals surface area contributed by atoms with Gasteiger partial charge in [-0.3, -0.25) is 4.79 Å². The van der Waals surface area contributed by atoms with E-state index in [1.807, 2.05) is 67.3 Å². The van der Waals surface area contributed by atoms with Gasteiger partial charge in [-0.1, -0.05) is 30.3 Å². The SMILES string of the molecule is CCN(CC)C(=O)c1ccc2nc(-c3ccccc3)[nH]c2c1. The van der Waals surface area contributed by atoms with Gasteiger partial charge in [0.05, 0.1) is 11.0 Å². The quantitative estimate of drug-likeness (QED) is 0.797. The summed E-state index contributed by atoms with van der Waals surface area (Å²) in [6.45, 7) is 5.41. The number of benzene rings is 2. The molecule has 1 heterocycles. The number of nitrogens with one attached hydrogen (secondary N) is 1. The van der Waals surface area contributed by atoms with E-state index >= 15 is 0 Å². The lowest BCUT2D eigenvalue weighted by molar-refractivity contribution is 0.0773. The summed E-state index contributed by atoms with van der Waals surface area (Å²) < 4.78 is 0. The molecule has 0 bridgehead atoms. The van der Waals surface area contributed by atoms with Crippen molar-refractivity contribution < 1.29 is 4.79 Å². The highest BCUT2D eigenvalue weighted by atomic mass is 16.2. The molecule has 0 aliphatic rings. The molecule has 2 aromatic carbocycles. The van der Waals surface area contributed by atoms with Gasteiger partial charge in [0.15, 0.2) is 0 Å². The largest absolute Gasteiger partial charge is 0.339 e.